The largest absolute Gasteiger partial charge is 0.494 e. The number of aromatic nitrogens is 1. The molecule has 90 valence electrons. The van der Waals surface area contributed by atoms with Crippen LogP contribution in [0.15, 0.2) is 36.5 Å². The van der Waals surface area contributed by atoms with Gasteiger partial charge in [-0.1, -0.05) is 6.07 Å². The molecule has 1 aromatic carbocycles. The molecular formula is C13H14FNO2. The molecule has 0 bridgehead atoms. The molecule has 0 atom stereocenters. The fraction of sp³-hybridized carbons (Fsp3) is 0.231. The van der Waals surface area contributed by atoms with E-state index in [1.54, 1.807) is 6.07 Å². The molecule has 0 aliphatic rings. The van der Waals surface area contributed by atoms with Gasteiger partial charge in [0.2, 0.25) is 0 Å². The highest BCUT2D eigenvalue weighted by Gasteiger charge is 2.05. The second kappa shape index (κ2) is 5.01. The quantitative estimate of drug-likeness (QED) is 0.881. The van der Waals surface area contributed by atoms with Crippen molar-refractivity contribution in [3.63, 3.8) is 0 Å². The summed E-state index contributed by atoms with van der Waals surface area (Å²) in [6.07, 6.45) is 1.85. The van der Waals surface area contributed by atoms with E-state index >= 15 is 0 Å². The molecule has 0 saturated heterocycles. The number of ether oxygens (including phenoxy) is 1. The summed E-state index contributed by atoms with van der Waals surface area (Å²) in [5.74, 6) is -0.133. The maximum Gasteiger partial charge on any atom is 0.165 e. The van der Waals surface area contributed by atoms with E-state index in [1.807, 2.05) is 29.0 Å². The fourth-order valence-electron chi connectivity index (χ4n) is 1.75. The predicted molar refractivity (Wildman–Crippen MR) is 62.4 cm³/mol. The Kier molecular flexibility index (Phi) is 3.44. The average Bonchev–Trinajstić information content (AvgIpc) is 2.76. The van der Waals surface area contributed by atoms with Crippen LogP contribution in [0.4, 0.5) is 4.39 Å². The van der Waals surface area contributed by atoms with Crippen LogP contribution in [0.2, 0.25) is 0 Å². The Labute approximate surface area is 99.1 Å². The second-order valence-corrected chi connectivity index (χ2v) is 3.75. The maximum absolute atomic E-state index is 13.5. The number of nitrogens with zero attached hydrogens (tertiary/aromatic N) is 1. The summed E-state index contributed by atoms with van der Waals surface area (Å²) in [6.45, 7) is 0.509. The summed E-state index contributed by atoms with van der Waals surface area (Å²) in [5.41, 5.74) is 1.63. The normalized spacial score (nSPS) is 10.5. The van der Waals surface area contributed by atoms with Crippen LogP contribution in [0.25, 0.3) is 0 Å². The first kappa shape index (κ1) is 11.7. The van der Waals surface area contributed by atoms with Crippen LogP contribution < -0.4 is 4.74 Å². The molecule has 1 heterocycles. The van der Waals surface area contributed by atoms with E-state index < -0.39 is 0 Å². The zero-order chi connectivity index (χ0) is 12.3. The molecule has 0 unspecified atom stereocenters. The third-order valence-corrected chi connectivity index (χ3v) is 2.65. The number of rotatable bonds is 4. The van der Waals surface area contributed by atoms with Crippen molar-refractivity contribution in [1.29, 1.82) is 0 Å². The summed E-state index contributed by atoms with van der Waals surface area (Å²) in [4.78, 5) is 0. The van der Waals surface area contributed by atoms with Gasteiger partial charge < -0.3 is 14.4 Å². The first-order chi connectivity index (χ1) is 8.24. The van der Waals surface area contributed by atoms with Gasteiger partial charge in [-0.15, -0.1) is 0 Å². The van der Waals surface area contributed by atoms with Crippen molar-refractivity contribution in [2.75, 3.05) is 7.11 Å². The topological polar surface area (TPSA) is 34.4 Å². The molecule has 0 spiro atoms. The summed E-state index contributed by atoms with van der Waals surface area (Å²) in [6, 6.07) is 8.54. The second-order valence-electron chi connectivity index (χ2n) is 3.75. The minimum Gasteiger partial charge on any atom is -0.494 e. The Hall–Kier alpha value is -1.81. The van der Waals surface area contributed by atoms with Gasteiger partial charge in [-0.25, -0.2) is 4.39 Å². The molecule has 0 amide bonds. The van der Waals surface area contributed by atoms with Crippen LogP contribution in [-0.4, -0.2) is 16.8 Å². The molecule has 0 saturated carbocycles. The first-order valence-electron chi connectivity index (χ1n) is 5.32. The Bertz CT molecular complexity index is 508. The maximum atomic E-state index is 13.5. The van der Waals surface area contributed by atoms with Gasteiger partial charge in [-0.3, -0.25) is 0 Å². The van der Waals surface area contributed by atoms with E-state index in [-0.39, 0.29) is 18.2 Å². The minimum atomic E-state index is -0.372. The molecule has 4 heteroatoms. The van der Waals surface area contributed by atoms with Crippen LogP contribution in [0, 0.1) is 5.82 Å². The minimum absolute atomic E-state index is 0.0222. The number of benzene rings is 1. The van der Waals surface area contributed by atoms with Crippen LogP contribution >= 0.6 is 0 Å². The molecule has 0 aliphatic heterocycles. The monoisotopic (exact) mass is 235 g/mol. The van der Waals surface area contributed by atoms with Gasteiger partial charge >= 0.3 is 0 Å². The molecule has 2 aromatic rings. The van der Waals surface area contributed by atoms with Gasteiger partial charge in [-0.2, -0.15) is 0 Å². The molecule has 0 aliphatic carbocycles. The molecule has 17 heavy (non-hydrogen) atoms. The summed E-state index contributed by atoms with van der Waals surface area (Å²) < 4.78 is 20.2. The number of hydrogen-bond acceptors (Lipinski definition) is 2. The number of aliphatic hydroxyl groups is 1. The molecule has 1 aromatic heterocycles. The smallest absolute Gasteiger partial charge is 0.165 e. The molecule has 2 rings (SSSR count). The van der Waals surface area contributed by atoms with Crippen molar-refractivity contribution in [3.05, 3.63) is 53.6 Å². The van der Waals surface area contributed by atoms with E-state index in [1.165, 1.54) is 13.2 Å². The van der Waals surface area contributed by atoms with Gasteiger partial charge in [-0.05, 0) is 29.8 Å². The average molecular weight is 235 g/mol. The van der Waals surface area contributed by atoms with Crippen LogP contribution in [0.1, 0.15) is 11.3 Å². The highest BCUT2D eigenvalue weighted by atomic mass is 19.1. The number of methoxy groups -OCH3 is 1. The lowest BCUT2D eigenvalue weighted by Crippen LogP contribution is -2.03. The highest BCUT2D eigenvalue weighted by molar-refractivity contribution is 5.29. The van der Waals surface area contributed by atoms with E-state index in [0.717, 1.165) is 11.3 Å². The molecule has 0 fully saturated rings. The number of aliphatic hydroxyl groups excluding tert-OH is 1. The first-order valence-corrected chi connectivity index (χ1v) is 5.32. The van der Waals surface area contributed by atoms with E-state index in [4.69, 9.17) is 9.84 Å². The lowest BCUT2D eigenvalue weighted by Gasteiger charge is -2.09. The third kappa shape index (κ3) is 2.47. The Morgan fingerprint density at radius 1 is 1.35 bits per heavy atom. The van der Waals surface area contributed by atoms with Crippen molar-refractivity contribution < 1.29 is 14.2 Å². The van der Waals surface area contributed by atoms with Gasteiger partial charge in [0.1, 0.15) is 0 Å². The molecule has 3 nitrogen and oxygen atoms in total. The Morgan fingerprint density at radius 3 is 2.82 bits per heavy atom. The lowest BCUT2D eigenvalue weighted by atomic mass is 10.2. The van der Waals surface area contributed by atoms with Gasteiger partial charge in [0.15, 0.2) is 11.6 Å². The molecular weight excluding hydrogens is 221 g/mol. The van der Waals surface area contributed by atoms with E-state index in [2.05, 4.69) is 0 Å². The van der Waals surface area contributed by atoms with Crippen molar-refractivity contribution >= 4 is 0 Å². The third-order valence-electron chi connectivity index (χ3n) is 2.65. The Balaban J connectivity index is 2.22. The lowest BCUT2D eigenvalue weighted by molar-refractivity contribution is 0.271. The predicted octanol–water partition coefficient (Wildman–Crippen LogP) is 2.18. The van der Waals surface area contributed by atoms with Crippen LogP contribution in [0.3, 0.4) is 0 Å². The van der Waals surface area contributed by atoms with Gasteiger partial charge in [0.25, 0.3) is 0 Å². The summed E-state index contributed by atoms with van der Waals surface area (Å²) in [5, 5.41) is 9.11. The van der Waals surface area contributed by atoms with E-state index in [9.17, 15) is 4.39 Å². The van der Waals surface area contributed by atoms with Crippen molar-refractivity contribution in [3.8, 4) is 5.75 Å². The molecule has 1 N–H and O–H groups in total. The van der Waals surface area contributed by atoms with Crippen molar-refractivity contribution in [1.82, 2.24) is 4.57 Å². The SMILES string of the molecule is COc1ccc(Cn2cccc2CO)cc1F. The Morgan fingerprint density at radius 2 is 2.18 bits per heavy atom. The highest BCUT2D eigenvalue weighted by Crippen LogP contribution is 2.18. The zero-order valence-corrected chi connectivity index (χ0v) is 9.56. The molecule has 0 radical (unpaired) electrons. The summed E-state index contributed by atoms with van der Waals surface area (Å²) >= 11 is 0. The number of halogens is 1. The summed E-state index contributed by atoms with van der Waals surface area (Å²) in [7, 11) is 1.44. The van der Waals surface area contributed by atoms with Gasteiger partial charge in [0.05, 0.1) is 13.7 Å². The number of hydrogen-bond donors (Lipinski definition) is 1. The van der Waals surface area contributed by atoms with Crippen molar-refractivity contribution in [2.45, 2.75) is 13.2 Å². The fourth-order valence-corrected chi connectivity index (χ4v) is 1.75. The van der Waals surface area contributed by atoms with Crippen molar-refractivity contribution in [2.24, 2.45) is 0 Å². The zero-order valence-electron chi connectivity index (χ0n) is 9.56. The van der Waals surface area contributed by atoms with Crippen LogP contribution in [0.5, 0.6) is 5.75 Å². The van der Waals surface area contributed by atoms with Gasteiger partial charge in [0, 0.05) is 18.4 Å². The standard InChI is InChI=1S/C13H14FNO2/c1-17-13-5-4-10(7-12(13)14)8-15-6-2-3-11(15)9-16/h2-7,16H,8-9H2,1H3. The van der Waals surface area contributed by atoms with E-state index in [0.29, 0.717) is 6.54 Å². The van der Waals surface area contributed by atoms with Crippen LogP contribution in [-0.2, 0) is 13.2 Å².